The molecule has 0 amide bonds. The minimum Gasteiger partial charge on any atom is -0.316 e. The number of hydrogen-bond acceptors (Lipinski definition) is 0. The van der Waals surface area contributed by atoms with Gasteiger partial charge in [0.15, 0.2) is 0 Å². The van der Waals surface area contributed by atoms with E-state index in [1.165, 1.54) is 105 Å². The van der Waals surface area contributed by atoms with Crippen LogP contribution in [0.5, 0.6) is 0 Å². The number of rotatable bonds is 5. The predicted molar refractivity (Wildman–Crippen MR) is 259 cm³/mol. The second-order valence-electron chi connectivity index (χ2n) is 17.7. The highest BCUT2D eigenvalue weighted by Gasteiger charge is 2.36. The second kappa shape index (κ2) is 13.2. The molecule has 0 N–H and O–H groups in total. The molecular weight excluding hydrogens is 751 g/mol. The van der Waals surface area contributed by atoms with Gasteiger partial charge in [0, 0.05) is 45.4 Å². The van der Waals surface area contributed by atoms with Crippen molar-refractivity contribution in [3.05, 3.63) is 223 Å². The Morgan fingerprint density at radius 2 is 0.919 bits per heavy atom. The van der Waals surface area contributed by atoms with E-state index in [1.54, 1.807) is 0 Å². The fourth-order valence-electron chi connectivity index (χ4n) is 10.9. The van der Waals surface area contributed by atoms with Gasteiger partial charge in [0.2, 0.25) is 0 Å². The van der Waals surface area contributed by atoms with E-state index >= 15 is 0 Å². The highest BCUT2D eigenvalue weighted by Crippen LogP contribution is 2.51. The molecule has 3 nitrogen and oxygen atoms in total. The Kier molecular flexibility index (Phi) is 7.48. The standard InChI is InChI=1S/C59H43N3/c1-59(2)51-27-25-43(34-49(51)50-35-44(26-28-52(50)59)62-55-21-11-7-17-45(55)46-18-8-12-22-56(46)62)48-36-47(42-24-23-38-13-3-4-16-41(38)33-42)57(60-31-29-39-14-5-9-19-53(39)60)37-58(48)61-32-30-40-15-6-10-20-54(40)61/h3-12,14-15,17-37H,13,16H2,1-2H3. The van der Waals surface area contributed by atoms with Crippen molar-refractivity contribution in [3.63, 3.8) is 0 Å². The molecule has 2 aliphatic rings. The molecule has 0 saturated carbocycles. The van der Waals surface area contributed by atoms with Gasteiger partial charge in [-0.15, -0.1) is 0 Å². The zero-order valence-electron chi connectivity index (χ0n) is 34.8. The summed E-state index contributed by atoms with van der Waals surface area (Å²) >= 11 is 0. The maximum atomic E-state index is 2.48. The Balaban J connectivity index is 1.07. The molecule has 2 aliphatic carbocycles. The van der Waals surface area contributed by atoms with Crippen LogP contribution in [0, 0.1) is 0 Å². The van der Waals surface area contributed by atoms with E-state index < -0.39 is 0 Å². The first kappa shape index (κ1) is 35.2. The van der Waals surface area contributed by atoms with Crippen LogP contribution in [0.25, 0.3) is 94.1 Å². The summed E-state index contributed by atoms with van der Waals surface area (Å²) in [6.45, 7) is 4.77. The first-order valence-corrected chi connectivity index (χ1v) is 21.9. The second-order valence-corrected chi connectivity index (χ2v) is 17.7. The van der Waals surface area contributed by atoms with Gasteiger partial charge in [-0.3, -0.25) is 0 Å². The van der Waals surface area contributed by atoms with E-state index in [0.717, 1.165) is 24.2 Å². The number of fused-ring (bicyclic) bond motifs is 9. The molecule has 294 valence electrons. The molecule has 0 spiro atoms. The summed E-state index contributed by atoms with van der Waals surface area (Å²) in [6.07, 6.45) is 11.0. The van der Waals surface area contributed by atoms with Crippen LogP contribution in [0.15, 0.2) is 200 Å². The van der Waals surface area contributed by atoms with Crippen molar-refractivity contribution in [3.8, 4) is 50.4 Å². The van der Waals surface area contributed by atoms with Crippen molar-refractivity contribution in [1.29, 1.82) is 0 Å². The Morgan fingerprint density at radius 3 is 1.56 bits per heavy atom. The lowest BCUT2D eigenvalue weighted by Crippen LogP contribution is -2.15. The summed E-state index contributed by atoms with van der Waals surface area (Å²) in [5.74, 6) is 0. The van der Waals surface area contributed by atoms with Crippen molar-refractivity contribution in [2.24, 2.45) is 0 Å². The molecule has 3 heteroatoms. The van der Waals surface area contributed by atoms with Crippen LogP contribution in [0.1, 0.15) is 36.1 Å². The Hall–Kier alpha value is -7.62. The van der Waals surface area contributed by atoms with Crippen molar-refractivity contribution in [2.75, 3.05) is 0 Å². The molecule has 11 aromatic rings. The fraction of sp³-hybridized carbons (Fsp3) is 0.0847. The maximum Gasteiger partial charge on any atom is 0.0555 e. The average molecular weight is 794 g/mol. The average Bonchev–Trinajstić information content (AvgIpc) is 4.09. The van der Waals surface area contributed by atoms with Crippen LogP contribution in [0.4, 0.5) is 0 Å². The molecule has 13 rings (SSSR count). The SMILES string of the molecule is CC1(C)c2ccc(-c3cc(-c4ccc5c(c4)CC=CC5)c(-n4ccc5ccccc54)cc3-n3ccc4ccccc43)cc2-c2cc(-n3c4ccccc4c4ccccc43)ccc21. The molecule has 0 radical (unpaired) electrons. The lowest BCUT2D eigenvalue weighted by molar-refractivity contribution is 0.660. The lowest BCUT2D eigenvalue weighted by atomic mass is 9.82. The Morgan fingerprint density at radius 1 is 0.403 bits per heavy atom. The summed E-state index contributed by atoms with van der Waals surface area (Å²) in [5, 5.41) is 5.00. The third kappa shape index (κ3) is 5.12. The molecule has 3 heterocycles. The molecule has 0 aliphatic heterocycles. The van der Waals surface area contributed by atoms with Crippen molar-refractivity contribution >= 4 is 43.6 Å². The zero-order valence-corrected chi connectivity index (χ0v) is 34.8. The molecule has 0 bridgehead atoms. The predicted octanol–water partition coefficient (Wildman–Crippen LogP) is 15.0. The van der Waals surface area contributed by atoms with Crippen LogP contribution in [0.3, 0.4) is 0 Å². The number of hydrogen-bond donors (Lipinski definition) is 0. The number of para-hydroxylation sites is 4. The summed E-state index contributed by atoms with van der Waals surface area (Å²) in [5.41, 5.74) is 21.2. The van der Waals surface area contributed by atoms with Crippen LogP contribution in [-0.2, 0) is 18.3 Å². The number of allylic oxidation sites excluding steroid dienone is 2. The van der Waals surface area contributed by atoms with E-state index in [9.17, 15) is 0 Å². The fourth-order valence-corrected chi connectivity index (χ4v) is 10.9. The van der Waals surface area contributed by atoms with Crippen molar-refractivity contribution in [1.82, 2.24) is 13.7 Å². The summed E-state index contributed by atoms with van der Waals surface area (Å²) in [6, 6.07) is 66.0. The van der Waals surface area contributed by atoms with Gasteiger partial charge in [0.25, 0.3) is 0 Å². The lowest BCUT2D eigenvalue weighted by Gasteiger charge is -2.23. The molecule has 0 saturated heterocycles. The number of nitrogens with zero attached hydrogens (tertiary/aromatic N) is 3. The monoisotopic (exact) mass is 793 g/mol. The first-order valence-electron chi connectivity index (χ1n) is 21.9. The molecule has 3 aromatic heterocycles. The minimum atomic E-state index is -0.149. The molecule has 8 aromatic carbocycles. The maximum absolute atomic E-state index is 2.48. The van der Waals surface area contributed by atoms with E-state index in [1.807, 2.05) is 0 Å². The van der Waals surface area contributed by atoms with Crippen molar-refractivity contribution < 1.29 is 0 Å². The van der Waals surface area contributed by atoms with Gasteiger partial charge in [0.1, 0.15) is 0 Å². The molecule has 62 heavy (non-hydrogen) atoms. The summed E-state index contributed by atoms with van der Waals surface area (Å²) < 4.78 is 7.23. The molecule has 0 fully saturated rings. The highest BCUT2D eigenvalue weighted by molar-refractivity contribution is 6.09. The number of aromatic nitrogens is 3. The van der Waals surface area contributed by atoms with Gasteiger partial charge in [-0.1, -0.05) is 135 Å². The van der Waals surface area contributed by atoms with E-state index in [0.29, 0.717) is 0 Å². The van der Waals surface area contributed by atoms with Crippen LogP contribution in [0.2, 0.25) is 0 Å². The van der Waals surface area contributed by atoms with E-state index in [-0.39, 0.29) is 5.41 Å². The molecular formula is C59H43N3. The summed E-state index contributed by atoms with van der Waals surface area (Å²) in [7, 11) is 0. The smallest absolute Gasteiger partial charge is 0.0555 e. The Labute approximate surface area is 361 Å². The number of benzene rings is 8. The van der Waals surface area contributed by atoms with Gasteiger partial charge < -0.3 is 13.7 Å². The van der Waals surface area contributed by atoms with Crippen molar-refractivity contribution in [2.45, 2.75) is 32.1 Å². The van der Waals surface area contributed by atoms with Crippen LogP contribution >= 0.6 is 0 Å². The van der Waals surface area contributed by atoms with E-state index in [2.05, 4.69) is 228 Å². The van der Waals surface area contributed by atoms with Crippen LogP contribution < -0.4 is 0 Å². The molecule has 0 unspecified atom stereocenters. The first-order chi connectivity index (χ1) is 30.5. The van der Waals surface area contributed by atoms with Gasteiger partial charge in [-0.05, 0) is 135 Å². The van der Waals surface area contributed by atoms with Gasteiger partial charge in [-0.2, -0.15) is 0 Å². The zero-order chi connectivity index (χ0) is 41.1. The molecule has 0 atom stereocenters. The normalized spacial score (nSPS) is 13.9. The van der Waals surface area contributed by atoms with Gasteiger partial charge in [0.05, 0.1) is 33.4 Å². The Bertz CT molecular complexity index is 3620. The topological polar surface area (TPSA) is 14.8 Å². The van der Waals surface area contributed by atoms with Gasteiger partial charge in [-0.25, -0.2) is 0 Å². The quantitative estimate of drug-likeness (QED) is 0.154. The summed E-state index contributed by atoms with van der Waals surface area (Å²) in [4.78, 5) is 0. The highest BCUT2D eigenvalue weighted by atomic mass is 15.0. The van der Waals surface area contributed by atoms with E-state index in [4.69, 9.17) is 0 Å². The van der Waals surface area contributed by atoms with Gasteiger partial charge >= 0.3 is 0 Å². The minimum absolute atomic E-state index is 0.149. The third-order valence-corrected chi connectivity index (χ3v) is 14.0. The van der Waals surface area contributed by atoms with Crippen LogP contribution in [-0.4, -0.2) is 13.7 Å². The largest absolute Gasteiger partial charge is 0.316 e. The third-order valence-electron chi connectivity index (χ3n) is 14.0.